The Kier molecular flexibility index (Phi) is 3.12. The van der Waals surface area contributed by atoms with Crippen molar-refractivity contribution < 1.29 is 17.9 Å². The third-order valence-corrected chi connectivity index (χ3v) is 5.31. The third kappa shape index (κ3) is 2.29. The van der Waals surface area contributed by atoms with Gasteiger partial charge in [0, 0.05) is 26.2 Å². The summed E-state index contributed by atoms with van der Waals surface area (Å²) in [5.41, 5.74) is 0. The molecular formula is C11H17N3O4S. The second-order valence-corrected chi connectivity index (χ2v) is 6.84. The number of ether oxygens (including phenoxy) is 2. The van der Waals surface area contributed by atoms with Crippen LogP contribution in [0.1, 0.15) is 12.8 Å². The zero-order chi connectivity index (χ0) is 13.5. The molecule has 7 nitrogen and oxygen atoms in total. The first-order valence-corrected chi connectivity index (χ1v) is 7.73. The van der Waals surface area contributed by atoms with Gasteiger partial charge >= 0.3 is 0 Å². The van der Waals surface area contributed by atoms with Gasteiger partial charge in [-0.25, -0.2) is 8.42 Å². The van der Waals surface area contributed by atoms with Gasteiger partial charge in [-0.15, -0.1) is 0 Å². The summed E-state index contributed by atoms with van der Waals surface area (Å²) < 4.78 is 39.1. The van der Waals surface area contributed by atoms with Gasteiger partial charge in [-0.1, -0.05) is 0 Å². The molecule has 0 amide bonds. The fourth-order valence-corrected chi connectivity index (χ4v) is 4.07. The summed E-state index contributed by atoms with van der Waals surface area (Å²) in [6.45, 7) is 1.80. The summed E-state index contributed by atoms with van der Waals surface area (Å²) in [6.07, 6.45) is 4.35. The van der Waals surface area contributed by atoms with Gasteiger partial charge in [0.2, 0.25) is 10.0 Å². The molecule has 106 valence electrons. The Morgan fingerprint density at radius 2 is 2.11 bits per heavy atom. The molecule has 1 spiro atoms. The molecule has 0 saturated carbocycles. The molecule has 0 bridgehead atoms. The first kappa shape index (κ1) is 13.0. The maximum Gasteiger partial charge on any atom is 0.246 e. The van der Waals surface area contributed by atoms with Crippen LogP contribution in [-0.4, -0.2) is 54.6 Å². The normalized spacial score (nSPS) is 24.1. The molecule has 3 heterocycles. The number of aryl methyl sites for hydroxylation is 1. The highest BCUT2D eigenvalue weighted by Crippen LogP contribution is 2.32. The van der Waals surface area contributed by atoms with Crippen LogP contribution in [-0.2, 0) is 26.5 Å². The predicted molar refractivity (Wildman–Crippen MR) is 65.8 cm³/mol. The van der Waals surface area contributed by atoms with Crippen LogP contribution in [0.2, 0.25) is 0 Å². The molecule has 2 aliphatic heterocycles. The Morgan fingerprint density at radius 3 is 2.74 bits per heavy atom. The van der Waals surface area contributed by atoms with Gasteiger partial charge in [0.15, 0.2) is 5.79 Å². The van der Waals surface area contributed by atoms with E-state index in [1.54, 1.807) is 7.05 Å². The molecule has 0 aliphatic carbocycles. The van der Waals surface area contributed by atoms with Crippen molar-refractivity contribution in [3.63, 3.8) is 0 Å². The number of hydrogen-bond acceptors (Lipinski definition) is 5. The maximum atomic E-state index is 12.5. The summed E-state index contributed by atoms with van der Waals surface area (Å²) >= 11 is 0. The van der Waals surface area contributed by atoms with Crippen LogP contribution in [0.5, 0.6) is 0 Å². The second kappa shape index (κ2) is 4.55. The lowest BCUT2D eigenvalue weighted by molar-refractivity contribution is -0.179. The van der Waals surface area contributed by atoms with E-state index in [4.69, 9.17) is 9.47 Å². The molecule has 2 saturated heterocycles. The van der Waals surface area contributed by atoms with E-state index in [1.807, 2.05) is 0 Å². The SMILES string of the molecule is Cn1cc(S(=O)(=O)N2CCCC3(C2)OCCO3)cn1. The Labute approximate surface area is 112 Å². The molecule has 2 fully saturated rings. The fraction of sp³-hybridized carbons (Fsp3) is 0.727. The molecule has 1 aromatic rings. The Balaban J connectivity index is 1.85. The minimum Gasteiger partial charge on any atom is -0.346 e. The van der Waals surface area contributed by atoms with Crippen molar-refractivity contribution in [3.05, 3.63) is 12.4 Å². The highest BCUT2D eigenvalue weighted by Gasteiger charge is 2.44. The monoisotopic (exact) mass is 287 g/mol. The molecule has 0 radical (unpaired) electrons. The van der Waals surface area contributed by atoms with Gasteiger partial charge in [0.25, 0.3) is 0 Å². The van der Waals surface area contributed by atoms with Crippen LogP contribution in [0.3, 0.4) is 0 Å². The zero-order valence-corrected chi connectivity index (χ0v) is 11.6. The number of nitrogens with zero attached hydrogens (tertiary/aromatic N) is 3. The lowest BCUT2D eigenvalue weighted by Crippen LogP contribution is -2.50. The van der Waals surface area contributed by atoms with E-state index < -0.39 is 15.8 Å². The van der Waals surface area contributed by atoms with Gasteiger partial charge in [0.1, 0.15) is 4.90 Å². The van der Waals surface area contributed by atoms with Gasteiger partial charge in [0.05, 0.1) is 26.0 Å². The maximum absolute atomic E-state index is 12.5. The largest absolute Gasteiger partial charge is 0.346 e. The van der Waals surface area contributed by atoms with Gasteiger partial charge in [-0.2, -0.15) is 9.40 Å². The van der Waals surface area contributed by atoms with Gasteiger partial charge in [-0.05, 0) is 6.42 Å². The third-order valence-electron chi connectivity index (χ3n) is 3.51. The minimum absolute atomic E-state index is 0.213. The summed E-state index contributed by atoms with van der Waals surface area (Å²) in [5.74, 6) is -0.743. The lowest BCUT2D eigenvalue weighted by atomic mass is 10.1. The molecule has 0 unspecified atom stereocenters. The summed E-state index contributed by atoms with van der Waals surface area (Å²) in [5, 5.41) is 3.92. The van der Waals surface area contributed by atoms with Crippen LogP contribution < -0.4 is 0 Å². The molecule has 1 aromatic heterocycles. The quantitative estimate of drug-likeness (QED) is 0.762. The van der Waals surface area contributed by atoms with E-state index in [1.165, 1.54) is 21.4 Å². The van der Waals surface area contributed by atoms with Crippen LogP contribution >= 0.6 is 0 Å². The van der Waals surface area contributed by atoms with E-state index in [-0.39, 0.29) is 11.4 Å². The smallest absolute Gasteiger partial charge is 0.246 e. The first-order valence-electron chi connectivity index (χ1n) is 6.29. The zero-order valence-electron chi connectivity index (χ0n) is 10.8. The Bertz CT molecular complexity index is 562. The highest BCUT2D eigenvalue weighted by molar-refractivity contribution is 7.89. The highest BCUT2D eigenvalue weighted by atomic mass is 32.2. The molecule has 0 N–H and O–H groups in total. The van der Waals surface area contributed by atoms with Crippen molar-refractivity contribution >= 4 is 10.0 Å². The van der Waals surface area contributed by atoms with Crippen LogP contribution in [0.25, 0.3) is 0 Å². The van der Waals surface area contributed by atoms with Crippen molar-refractivity contribution in [1.82, 2.24) is 14.1 Å². The van der Waals surface area contributed by atoms with Crippen LogP contribution in [0.15, 0.2) is 17.3 Å². The Morgan fingerprint density at radius 1 is 1.37 bits per heavy atom. The molecule has 0 aromatic carbocycles. The van der Waals surface area contributed by atoms with E-state index in [0.29, 0.717) is 19.8 Å². The van der Waals surface area contributed by atoms with E-state index in [2.05, 4.69) is 5.10 Å². The van der Waals surface area contributed by atoms with Crippen molar-refractivity contribution in [2.24, 2.45) is 7.05 Å². The summed E-state index contributed by atoms with van der Waals surface area (Å²) in [6, 6.07) is 0. The molecule has 2 aliphatic rings. The minimum atomic E-state index is -3.51. The average Bonchev–Trinajstić information content (AvgIpc) is 3.00. The average molecular weight is 287 g/mol. The van der Waals surface area contributed by atoms with Gasteiger partial charge < -0.3 is 9.47 Å². The standard InChI is InChI=1S/C11H17N3O4S/c1-13-8-10(7-12-13)19(15,16)14-4-2-3-11(9-14)17-5-6-18-11/h7-8H,2-6,9H2,1H3. The van der Waals surface area contributed by atoms with E-state index in [0.717, 1.165) is 12.8 Å². The van der Waals surface area contributed by atoms with Crippen molar-refractivity contribution in [3.8, 4) is 0 Å². The number of sulfonamides is 1. The van der Waals surface area contributed by atoms with E-state index in [9.17, 15) is 8.42 Å². The first-order chi connectivity index (χ1) is 9.02. The van der Waals surface area contributed by atoms with Crippen molar-refractivity contribution in [2.75, 3.05) is 26.3 Å². The van der Waals surface area contributed by atoms with E-state index >= 15 is 0 Å². The second-order valence-electron chi connectivity index (χ2n) is 4.90. The Hall–Kier alpha value is -0.960. The molecular weight excluding hydrogens is 270 g/mol. The number of hydrogen-bond donors (Lipinski definition) is 0. The number of rotatable bonds is 2. The van der Waals surface area contributed by atoms with Crippen LogP contribution in [0, 0.1) is 0 Å². The van der Waals surface area contributed by atoms with Crippen molar-refractivity contribution in [2.45, 2.75) is 23.5 Å². The molecule has 3 rings (SSSR count). The summed E-state index contributed by atoms with van der Waals surface area (Å²) in [7, 11) is -1.82. The summed E-state index contributed by atoms with van der Waals surface area (Å²) in [4.78, 5) is 0.213. The predicted octanol–water partition coefficient (Wildman–Crippen LogP) is -0.0523. The molecule has 19 heavy (non-hydrogen) atoms. The van der Waals surface area contributed by atoms with Gasteiger partial charge in [-0.3, -0.25) is 4.68 Å². The number of aromatic nitrogens is 2. The van der Waals surface area contributed by atoms with Crippen molar-refractivity contribution in [1.29, 1.82) is 0 Å². The topological polar surface area (TPSA) is 73.7 Å². The van der Waals surface area contributed by atoms with Crippen LogP contribution in [0.4, 0.5) is 0 Å². The lowest BCUT2D eigenvalue weighted by Gasteiger charge is -2.37. The molecule has 8 heteroatoms. The number of piperidine rings is 1. The molecule has 0 atom stereocenters. The fourth-order valence-electron chi connectivity index (χ4n) is 2.57.